The molecule has 0 amide bonds. The Morgan fingerprint density at radius 1 is 1.82 bits per heavy atom. The highest BCUT2D eigenvalue weighted by Crippen LogP contribution is 2.29. The molecule has 2 heteroatoms. The summed E-state index contributed by atoms with van der Waals surface area (Å²) in [7, 11) is 0. The van der Waals surface area contributed by atoms with Gasteiger partial charge in [0.25, 0.3) is 0 Å². The zero-order chi connectivity index (χ0) is 8.43. The normalized spacial score (nSPS) is 24.5. The van der Waals surface area contributed by atoms with E-state index in [2.05, 4.69) is 6.58 Å². The first kappa shape index (κ1) is 8.54. The van der Waals surface area contributed by atoms with E-state index in [9.17, 15) is 4.79 Å². The van der Waals surface area contributed by atoms with Crippen LogP contribution in [0.3, 0.4) is 0 Å². The Bertz CT molecular complexity index is 228. The van der Waals surface area contributed by atoms with Crippen molar-refractivity contribution in [1.29, 1.82) is 0 Å². The second-order valence-corrected chi connectivity index (χ2v) is 3.28. The first-order chi connectivity index (χ1) is 5.16. The van der Waals surface area contributed by atoms with Gasteiger partial charge in [-0.1, -0.05) is 6.08 Å². The number of halogens is 1. The Balaban J connectivity index is 2.87. The van der Waals surface area contributed by atoms with Gasteiger partial charge < -0.3 is 0 Å². The summed E-state index contributed by atoms with van der Waals surface area (Å²) in [4.78, 5) is 11.2. The molecule has 0 aromatic heterocycles. The summed E-state index contributed by atoms with van der Waals surface area (Å²) < 4.78 is 0. The molecule has 0 bridgehead atoms. The van der Waals surface area contributed by atoms with Crippen LogP contribution in [0.4, 0.5) is 0 Å². The predicted octanol–water partition coefficient (Wildman–Crippen LogP) is 2.46. The van der Waals surface area contributed by atoms with Crippen molar-refractivity contribution in [2.24, 2.45) is 0 Å². The van der Waals surface area contributed by atoms with Crippen LogP contribution in [-0.2, 0) is 4.79 Å². The maximum absolute atomic E-state index is 11.2. The number of Topliss-reactive ketones (excluding diaryl/α,β-unsaturated/α-hetero) is 1. The van der Waals surface area contributed by atoms with Gasteiger partial charge in [0.05, 0.1) is 5.38 Å². The number of allylic oxidation sites excluding steroid dienone is 3. The topological polar surface area (TPSA) is 17.1 Å². The summed E-state index contributed by atoms with van der Waals surface area (Å²) in [6.45, 7) is 5.51. The van der Waals surface area contributed by atoms with Crippen molar-refractivity contribution in [3.63, 3.8) is 0 Å². The number of alkyl halides is 1. The third kappa shape index (κ3) is 1.54. The standard InChI is InChI=1S/C9H11ClO/c1-3-4-7-6(2)8(10)5-9(7)11/h3,8H,1,4-5H2,2H3. The minimum atomic E-state index is -0.0718. The minimum Gasteiger partial charge on any atom is -0.294 e. The summed E-state index contributed by atoms with van der Waals surface area (Å²) in [5.74, 6) is 0.183. The molecule has 0 saturated carbocycles. The van der Waals surface area contributed by atoms with Crippen molar-refractivity contribution < 1.29 is 4.79 Å². The Morgan fingerprint density at radius 2 is 2.45 bits per heavy atom. The molecule has 1 rings (SSSR count). The molecule has 0 radical (unpaired) electrons. The van der Waals surface area contributed by atoms with Crippen molar-refractivity contribution in [1.82, 2.24) is 0 Å². The van der Waals surface area contributed by atoms with Crippen LogP contribution in [0.1, 0.15) is 19.8 Å². The van der Waals surface area contributed by atoms with Gasteiger partial charge in [-0.3, -0.25) is 4.79 Å². The second-order valence-electron chi connectivity index (χ2n) is 2.75. The van der Waals surface area contributed by atoms with Crippen LogP contribution >= 0.6 is 11.6 Å². The summed E-state index contributed by atoms with van der Waals surface area (Å²) in [5, 5.41) is -0.0718. The highest BCUT2D eigenvalue weighted by atomic mass is 35.5. The summed E-state index contributed by atoms with van der Waals surface area (Å²) in [5.41, 5.74) is 1.89. The average molecular weight is 171 g/mol. The van der Waals surface area contributed by atoms with E-state index in [0.29, 0.717) is 12.8 Å². The smallest absolute Gasteiger partial charge is 0.160 e. The molecular formula is C9H11ClO. The van der Waals surface area contributed by atoms with Crippen LogP contribution in [0, 0.1) is 0 Å². The SMILES string of the molecule is C=CCC1=C(C)C(Cl)CC1=O. The zero-order valence-corrected chi connectivity index (χ0v) is 7.32. The van der Waals surface area contributed by atoms with Crippen LogP contribution in [0.2, 0.25) is 0 Å². The largest absolute Gasteiger partial charge is 0.294 e. The van der Waals surface area contributed by atoms with E-state index in [1.54, 1.807) is 6.08 Å². The number of rotatable bonds is 2. The fourth-order valence-corrected chi connectivity index (χ4v) is 1.54. The van der Waals surface area contributed by atoms with Crippen molar-refractivity contribution in [3.8, 4) is 0 Å². The highest BCUT2D eigenvalue weighted by molar-refractivity contribution is 6.26. The fourth-order valence-electron chi connectivity index (χ4n) is 1.27. The molecule has 0 heterocycles. The van der Waals surface area contributed by atoms with Crippen LogP contribution in [-0.4, -0.2) is 11.2 Å². The van der Waals surface area contributed by atoms with Gasteiger partial charge in [0, 0.05) is 6.42 Å². The number of carbonyl (C=O) groups is 1. The summed E-state index contributed by atoms with van der Waals surface area (Å²) in [6, 6.07) is 0. The van der Waals surface area contributed by atoms with Gasteiger partial charge in [-0.15, -0.1) is 18.2 Å². The third-order valence-corrected chi connectivity index (χ3v) is 2.48. The molecule has 11 heavy (non-hydrogen) atoms. The Kier molecular flexibility index (Phi) is 2.50. The number of ketones is 1. The molecule has 1 aliphatic rings. The van der Waals surface area contributed by atoms with Gasteiger partial charge in [-0.25, -0.2) is 0 Å². The second kappa shape index (κ2) is 3.22. The van der Waals surface area contributed by atoms with E-state index in [0.717, 1.165) is 11.1 Å². The van der Waals surface area contributed by atoms with Gasteiger partial charge in [0.15, 0.2) is 5.78 Å². The molecule has 1 atom stereocenters. The molecular weight excluding hydrogens is 160 g/mol. The lowest BCUT2D eigenvalue weighted by molar-refractivity contribution is -0.114. The van der Waals surface area contributed by atoms with E-state index >= 15 is 0 Å². The van der Waals surface area contributed by atoms with E-state index in [1.807, 2.05) is 6.92 Å². The first-order valence-electron chi connectivity index (χ1n) is 3.64. The monoisotopic (exact) mass is 170 g/mol. The Morgan fingerprint density at radius 3 is 2.82 bits per heavy atom. The van der Waals surface area contributed by atoms with Gasteiger partial charge in [0.1, 0.15) is 0 Å². The molecule has 0 aliphatic heterocycles. The van der Waals surface area contributed by atoms with E-state index < -0.39 is 0 Å². The minimum absolute atomic E-state index is 0.0718. The van der Waals surface area contributed by atoms with Gasteiger partial charge >= 0.3 is 0 Å². The molecule has 1 aliphatic carbocycles. The quantitative estimate of drug-likeness (QED) is 0.460. The van der Waals surface area contributed by atoms with Crippen molar-refractivity contribution in [2.45, 2.75) is 25.1 Å². The molecule has 0 saturated heterocycles. The maximum Gasteiger partial charge on any atom is 0.160 e. The Labute approximate surface area is 71.7 Å². The molecule has 0 aromatic rings. The molecule has 0 N–H and O–H groups in total. The van der Waals surface area contributed by atoms with E-state index in [1.165, 1.54) is 0 Å². The molecule has 1 unspecified atom stereocenters. The summed E-state index contributed by atoms with van der Waals surface area (Å²) in [6.07, 6.45) is 2.87. The highest BCUT2D eigenvalue weighted by Gasteiger charge is 2.26. The number of hydrogen-bond acceptors (Lipinski definition) is 1. The van der Waals surface area contributed by atoms with Crippen LogP contribution in [0.25, 0.3) is 0 Å². The lowest BCUT2D eigenvalue weighted by atomic mass is 10.1. The van der Waals surface area contributed by atoms with Gasteiger partial charge in [-0.05, 0) is 24.5 Å². The van der Waals surface area contributed by atoms with Crippen molar-refractivity contribution in [2.75, 3.05) is 0 Å². The van der Waals surface area contributed by atoms with Gasteiger partial charge in [-0.2, -0.15) is 0 Å². The fraction of sp³-hybridized carbons (Fsp3) is 0.444. The Hall–Kier alpha value is -0.560. The first-order valence-corrected chi connectivity index (χ1v) is 4.08. The summed E-state index contributed by atoms with van der Waals surface area (Å²) >= 11 is 5.87. The van der Waals surface area contributed by atoms with Crippen LogP contribution < -0.4 is 0 Å². The molecule has 0 spiro atoms. The zero-order valence-electron chi connectivity index (χ0n) is 6.56. The van der Waals surface area contributed by atoms with E-state index in [4.69, 9.17) is 11.6 Å². The molecule has 1 nitrogen and oxygen atoms in total. The molecule has 0 fully saturated rings. The number of hydrogen-bond donors (Lipinski definition) is 0. The van der Waals surface area contributed by atoms with Crippen molar-refractivity contribution >= 4 is 17.4 Å². The van der Waals surface area contributed by atoms with E-state index in [-0.39, 0.29) is 11.2 Å². The van der Waals surface area contributed by atoms with Gasteiger partial charge in [0.2, 0.25) is 0 Å². The molecule has 60 valence electrons. The number of carbonyl (C=O) groups excluding carboxylic acids is 1. The lowest BCUT2D eigenvalue weighted by Gasteiger charge is -1.98. The average Bonchev–Trinajstić information content (AvgIpc) is 2.17. The molecule has 0 aromatic carbocycles. The van der Waals surface area contributed by atoms with Crippen molar-refractivity contribution in [3.05, 3.63) is 23.8 Å². The third-order valence-electron chi connectivity index (χ3n) is 2.00. The maximum atomic E-state index is 11.2. The van der Waals surface area contributed by atoms with Crippen LogP contribution in [0.5, 0.6) is 0 Å². The predicted molar refractivity (Wildman–Crippen MR) is 46.8 cm³/mol. The lowest BCUT2D eigenvalue weighted by Crippen LogP contribution is -1.96. The van der Waals surface area contributed by atoms with Crippen LogP contribution in [0.15, 0.2) is 23.8 Å².